The first-order valence-corrected chi connectivity index (χ1v) is 22.7. The lowest BCUT2D eigenvalue weighted by atomic mass is 10.0. The van der Waals surface area contributed by atoms with Crippen LogP contribution < -0.4 is 5.32 Å². The quantitative estimate of drug-likeness (QED) is 0.0436. The summed E-state index contributed by atoms with van der Waals surface area (Å²) in [6.45, 7) is 4.22. The van der Waals surface area contributed by atoms with Gasteiger partial charge < -0.3 is 15.5 Å². The average molecular weight is 716 g/mol. The lowest BCUT2D eigenvalue weighted by Gasteiger charge is -2.20. The largest absolute Gasteiger partial charge is 0.394 e. The van der Waals surface area contributed by atoms with Crippen LogP contribution in [0, 0.1) is 0 Å². The molecule has 0 saturated carbocycles. The maximum absolute atomic E-state index is 12.4. The van der Waals surface area contributed by atoms with E-state index in [4.69, 9.17) is 0 Å². The Balaban J connectivity index is 3.53. The number of amides is 1. The number of carbonyl (C=O) groups excluding carboxylic acids is 1. The highest BCUT2D eigenvalue weighted by Crippen LogP contribution is 2.16. The normalized spacial score (nSPS) is 13.3. The number of allylic oxidation sites excluding steroid dienone is 5. The van der Waals surface area contributed by atoms with Crippen LogP contribution in [0.3, 0.4) is 0 Å². The van der Waals surface area contributed by atoms with Gasteiger partial charge in [0.05, 0.1) is 18.8 Å². The summed E-state index contributed by atoms with van der Waals surface area (Å²) in [5.74, 6) is -0.0633. The summed E-state index contributed by atoms with van der Waals surface area (Å²) in [7, 11) is 0. The Kier molecular flexibility index (Phi) is 41.8. The summed E-state index contributed by atoms with van der Waals surface area (Å²) in [6.07, 6.45) is 56.9. The molecule has 0 aliphatic heterocycles. The lowest BCUT2D eigenvalue weighted by Crippen LogP contribution is -2.45. The third-order valence-corrected chi connectivity index (χ3v) is 10.4. The van der Waals surface area contributed by atoms with Crippen LogP contribution >= 0.6 is 0 Å². The molecule has 2 unspecified atom stereocenters. The van der Waals surface area contributed by atoms with E-state index in [-0.39, 0.29) is 12.5 Å². The number of aliphatic hydroxyl groups is 2. The van der Waals surface area contributed by atoms with Crippen LogP contribution in [-0.2, 0) is 4.79 Å². The van der Waals surface area contributed by atoms with Crippen molar-refractivity contribution in [3.8, 4) is 0 Å². The Morgan fingerprint density at radius 1 is 0.490 bits per heavy atom. The molecule has 0 aromatic carbocycles. The predicted octanol–water partition coefficient (Wildman–Crippen LogP) is 14.2. The number of carbonyl (C=O) groups is 1. The number of unbranched alkanes of at least 4 members (excludes halogenated alkanes) is 30. The molecule has 0 spiro atoms. The minimum Gasteiger partial charge on any atom is -0.394 e. The van der Waals surface area contributed by atoms with Crippen LogP contribution in [-0.4, -0.2) is 34.9 Å². The van der Waals surface area contributed by atoms with Gasteiger partial charge >= 0.3 is 0 Å². The molecule has 3 N–H and O–H groups in total. The maximum atomic E-state index is 12.4. The van der Waals surface area contributed by atoms with Crippen molar-refractivity contribution >= 4 is 5.91 Å². The van der Waals surface area contributed by atoms with Gasteiger partial charge in [-0.3, -0.25) is 4.79 Å². The standard InChI is InChI=1S/C47H89NO3/c1-3-5-7-9-11-13-15-17-19-21-23-24-25-27-29-31-33-35-37-39-41-43-47(51)48-45(44-49)46(50)42-40-38-36-34-32-30-28-26-22-20-18-16-14-12-10-8-6-4-2/h5,7,11,13,40,42,45-46,49-50H,3-4,6,8-10,12,14-39,41,43-44H2,1-2H3,(H,48,51)/b7-5-,13-11-,42-40+. The number of hydrogen-bond acceptors (Lipinski definition) is 3. The van der Waals surface area contributed by atoms with Gasteiger partial charge in [0.25, 0.3) is 0 Å². The SMILES string of the molecule is CC/C=C\C/C=C\CCCCCCCCCCCCCCCCC(=O)NC(CO)C(O)/C=C/CCCCCCCCCCCCCCCCCC. The van der Waals surface area contributed by atoms with Crippen LogP contribution in [0.15, 0.2) is 36.5 Å². The van der Waals surface area contributed by atoms with E-state index in [1.54, 1.807) is 6.08 Å². The van der Waals surface area contributed by atoms with Gasteiger partial charge in [-0.15, -0.1) is 0 Å². The Labute approximate surface area is 319 Å². The molecular weight excluding hydrogens is 627 g/mol. The molecule has 0 aromatic rings. The monoisotopic (exact) mass is 716 g/mol. The van der Waals surface area contributed by atoms with Crippen LogP contribution in [0.25, 0.3) is 0 Å². The molecule has 0 radical (unpaired) electrons. The van der Waals surface area contributed by atoms with Crippen molar-refractivity contribution in [2.45, 2.75) is 251 Å². The molecule has 300 valence electrons. The van der Waals surface area contributed by atoms with Crippen LogP contribution in [0.2, 0.25) is 0 Å². The first-order valence-electron chi connectivity index (χ1n) is 22.7. The molecule has 0 aliphatic carbocycles. The van der Waals surface area contributed by atoms with Gasteiger partial charge in [0.2, 0.25) is 5.91 Å². The van der Waals surface area contributed by atoms with Gasteiger partial charge in [-0.1, -0.05) is 224 Å². The highest BCUT2D eigenvalue weighted by molar-refractivity contribution is 5.76. The fourth-order valence-corrected chi connectivity index (χ4v) is 6.92. The summed E-state index contributed by atoms with van der Waals surface area (Å²) < 4.78 is 0. The predicted molar refractivity (Wildman–Crippen MR) is 225 cm³/mol. The smallest absolute Gasteiger partial charge is 0.220 e. The van der Waals surface area contributed by atoms with Gasteiger partial charge in [0.1, 0.15) is 0 Å². The number of aliphatic hydroxyl groups excluding tert-OH is 2. The maximum Gasteiger partial charge on any atom is 0.220 e. The third-order valence-electron chi connectivity index (χ3n) is 10.4. The fourth-order valence-electron chi connectivity index (χ4n) is 6.92. The summed E-state index contributed by atoms with van der Waals surface area (Å²) >= 11 is 0. The first kappa shape index (κ1) is 49.6. The second-order valence-electron chi connectivity index (χ2n) is 15.4. The van der Waals surface area contributed by atoms with E-state index in [1.165, 1.54) is 180 Å². The number of hydrogen-bond donors (Lipinski definition) is 3. The van der Waals surface area contributed by atoms with E-state index in [9.17, 15) is 15.0 Å². The van der Waals surface area contributed by atoms with E-state index in [0.29, 0.717) is 6.42 Å². The van der Waals surface area contributed by atoms with Crippen molar-refractivity contribution in [3.63, 3.8) is 0 Å². The average Bonchev–Trinajstić information content (AvgIpc) is 3.13. The van der Waals surface area contributed by atoms with Crippen molar-refractivity contribution in [3.05, 3.63) is 36.5 Å². The second-order valence-corrected chi connectivity index (χ2v) is 15.4. The molecule has 0 saturated heterocycles. The fraction of sp³-hybridized carbons (Fsp3) is 0.851. The van der Waals surface area contributed by atoms with Crippen molar-refractivity contribution < 1.29 is 15.0 Å². The molecule has 0 aliphatic rings. The molecule has 51 heavy (non-hydrogen) atoms. The molecule has 0 bridgehead atoms. The van der Waals surface area contributed by atoms with Gasteiger partial charge in [0.15, 0.2) is 0 Å². The zero-order valence-electron chi connectivity index (χ0n) is 34.4. The Hall–Kier alpha value is -1.39. The zero-order valence-corrected chi connectivity index (χ0v) is 34.4. The minimum atomic E-state index is -0.837. The van der Waals surface area contributed by atoms with E-state index >= 15 is 0 Å². The molecule has 0 aromatic heterocycles. The van der Waals surface area contributed by atoms with Gasteiger partial charge in [-0.05, 0) is 44.9 Å². The van der Waals surface area contributed by atoms with E-state index in [2.05, 4.69) is 43.5 Å². The van der Waals surface area contributed by atoms with Crippen LogP contribution in [0.4, 0.5) is 0 Å². The Morgan fingerprint density at radius 2 is 0.863 bits per heavy atom. The van der Waals surface area contributed by atoms with Gasteiger partial charge in [-0.2, -0.15) is 0 Å². The number of nitrogens with one attached hydrogen (secondary N) is 1. The molecule has 0 heterocycles. The molecule has 1 amide bonds. The summed E-state index contributed by atoms with van der Waals surface area (Å²) in [5, 5.41) is 23.0. The van der Waals surface area contributed by atoms with E-state index in [1.807, 2.05) is 6.08 Å². The first-order chi connectivity index (χ1) is 25.2. The Bertz CT molecular complexity index is 775. The Morgan fingerprint density at radius 3 is 1.27 bits per heavy atom. The topological polar surface area (TPSA) is 69.6 Å². The minimum absolute atomic E-state index is 0.0633. The molecule has 0 rings (SSSR count). The van der Waals surface area contributed by atoms with Crippen LogP contribution in [0.5, 0.6) is 0 Å². The summed E-state index contributed by atoms with van der Waals surface area (Å²) in [6, 6.07) is -0.620. The molecular formula is C47H89NO3. The highest BCUT2D eigenvalue weighted by atomic mass is 16.3. The lowest BCUT2D eigenvalue weighted by molar-refractivity contribution is -0.123. The molecule has 0 fully saturated rings. The number of rotatable bonds is 41. The molecule has 4 heteroatoms. The highest BCUT2D eigenvalue weighted by Gasteiger charge is 2.17. The molecule has 2 atom stereocenters. The third kappa shape index (κ3) is 39.6. The van der Waals surface area contributed by atoms with E-state index in [0.717, 1.165) is 38.5 Å². The van der Waals surface area contributed by atoms with Crippen LogP contribution in [0.1, 0.15) is 239 Å². The van der Waals surface area contributed by atoms with Crippen molar-refractivity contribution in [2.75, 3.05) is 6.61 Å². The zero-order chi connectivity index (χ0) is 37.1. The van der Waals surface area contributed by atoms with E-state index < -0.39 is 12.1 Å². The summed E-state index contributed by atoms with van der Waals surface area (Å²) in [5.41, 5.74) is 0. The molecule has 4 nitrogen and oxygen atoms in total. The van der Waals surface area contributed by atoms with Crippen molar-refractivity contribution in [1.82, 2.24) is 5.32 Å². The van der Waals surface area contributed by atoms with Gasteiger partial charge in [0, 0.05) is 6.42 Å². The van der Waals surface area contributed by atoms with Gasteiger partial charge in [-0.25, -0.2) is 0 Å². The van der Waals surface area contributed by atoms with Crippen molar-refractivity contribution in [2.24, 2.45) is 0 Å². The van der Waals surface area contributed by atoms with Crippen molar-refractivity contribution in [1.29, 1.82) is 0 Å². The second kappa shape index (κ2) is 43.0. The summed E-state index contributed by atoms with van der Waals surface area (Å²) in [4.78, 5) is 12.4.